The average molecular weight is 238 g/mol. The van der Waals surface area contributed by atoms with Crippen LogP contribution in [0.25, 0.3) is 0 Å². The van der Waals surface area contributed by atoms with E-state index < -0.39 is 12.1 Å². The van der Waals surface area contributed by atoms with Crippen LogP contribution < -0.4 is 0 Å². The van der Waals surface area contributed by atoms with Crippen LogP contribution in [0.3, 0.4) is 0 Å². The summed E-state index contributed by atoms with van der Waals surface area (Å²) in [5, 5.41) is 0. The van der Waals surface area contributed by atoms with Gasteiger partial charge in [-0.25, -0.2) is 4.79 Å². The van der Waals surface area contributed by atoms with Crippen molar-refractivity contribution in [2.24, 2.45) is 0 Å². The molecule has 1 atom stereocenters. The maximum absolute atomic E-state index is 11.7. The van der Waals surface area contributed by atoms with E-state index >= 15 is 0 Å². The summed E-state index contributed by atoms with van der Waals surface area (Å²) < 4.78 is 15.3. The zero-order chi connectivity index (χ0) is 12.5. The molecular weight excluding hydrogens is 220 g/mol. The molecule has 0 amide bonds. The molecule has 0 radical (unpaired) electrons. The zero-order valence-electron chi connectivity index (χ0n) is 10.2. The number of carbonyl (C=O) groups is 1. The van der Waals surface area contributed by atoms with E-state index in [0.29, 0.717) is 13.2 Å². The van der Waals surface area contributed by atoms with E-state index in [1.807, 2.05) is 37.3 Å². The van der Waals surface area contributed by atoms with Gasteiger partial charge in [-0.3, -0.25) is 0 Å². The zero-order valence-corrected chi connectivity index (χ0v) is 10.2. The molecular formula is C13H18O4. The highest BCUT2D eigenvalue weighted by atomic mass is 16.6. The smallest absolute Gasteiger partial charge is 0.340 e. The van der Waals surface area contributed by atoms with Crippen LogP contribution in [0.1, 0.15) is 18.6 Å². The molecule has 17 heavy (non-hydrogen) atoms. The summed E-state index contributed by atoms with van der Waals surface area (Å²) >= 11 is 0. The van der Waals surface area contributed by atoms with Crippen molar-refractivity contribution in [1.29, 1.82) is 0 Å². The van der Waals surface area contributed by atoms with Crippen LogP contribution in [0.4, 0.5) is 0 Å². The second-order valence-corrected chi connectivity index (χ2v) is 3.39. The number of methoxy groups -OCH3 is 1. The number of hydrogen-bond donors (Lipinski definition) is 0. The van der Waals surface area contributed by atoms with Gasteiger partial charge in [0.2, 0.25) is 0 Å². The molecule has 0 saturated carbocycles. The summed E-state index contributed by atoms with van der Waals surface area (Å²) in [5.41, 5.74) is 0.788. The minimum Gasteiger partial charge on any atom is -0.461 e. The molecule has 0 aromatic heterocycles. The summed E-state index contributed by atoms with van der Waals surface area (Å²) in [6, 6.07) is 9.26. The van der Waals surface area contributed by atoms with E-state index in [1.165, 1.54) is 7.11 Å². The second-order valence-electron chi connectivity index (χ2n) is 3.39. The van der Waals surface area contributed by atoms with Crippen molar-refractivity contribution in [2.45, 2.75) is 13.0 Å². The monoisotopic (exact) mass is 238 g/mol. The van der Waals surface area contributed by atoms with Gasteiger partial charge in [-0.15, -0.1) is 0 Å². The molecule has 4 heteroatoms. The first-order valence-corrected chi connectivity index (χ1v) is 5.61. The molecule has 0 aliphatic rings. The van der Waals surface area contributed by atoms with Crippen LogP contribution in [0.15, 0.2) is 30.3 Å². The predicted molar refractivity (Wildman–Crippen MR) is 63.6 cm³/mol. The average Bonchev–Trinajstić information content (AvgIpc) is 2.37. The van der Waals surface area contributed by atoms with Crippen molar-refractivity contribution in [1.82, 2.24) is 0 Å². The van der Waals surface area contributed by atoms with Gasteiger partial charge in [0.25, 0.3) is 0 Å². The highest BCUT2D eigenvalue weighted by molar-refractivity contribution is 5.76. The lowest BCUT2D eigenvalue weighted by molar-refractivity contribution is -0.157. The lowest BCUT2D eigenvalue weighted by Gasteiger charge is -2.14. The van der Waals surface area contributed by atoms with Crippen molar-refractivity contribution < 1.29 is 19.0 Å². The number of hydrogen-bond acceptors (Lipinski definition) is 4. The largest absolute Gasteiger partial charge is 0.461 e. The molecule has 0 bridgehead atoms. The number of carbonyl (C=O) groups excluding carboxylic acids is 1. The fourth-order valence-corrected chi connectivity index (χ4v) is 1.42. The van der Waals surface area contributed by atoms with Gasteiger partial charge >= 0.3 is 5.97 Å². The molecule has 1 rings (SSSR count). The Balaban J connectivity index is 2.48. The Labute approximate surface area is 101 Å². The van der Waals surface area contributed by atoms with E-state index in [0.717, 1.165) is 5.56 Å². The van der Waals surface area contributed by atoms with E-state index in [1.54, 1.807) is 0 Å². The van der Waals surface area contributed by atoms with Gasteiger partial charge in [-0.1, -0.05) is 30.3 Å². The minimum absolute atomic E-state index is 0.249. The van der Waals surface area contributed by atoms with Crippen LogP contribution in [-0.2, 0) is 19.0 Å². The molecule has 4 nitrogen and oxygen atoms in total. The minimum atomic E-state index is -0.669. The highest BCUT2D eigenvalue weighted by Gasteiger charge is 2.21. The number of benzene rings is 1. The number of esters is 1. The fourth-order valence-electron chi connectivity index (χ4n) is 1.42. The summed E-state index contributed by atoms with van der Waals surface area (Å²) in [7, 11) is 1.49. The molecule has 0 N–H and O–H groups in total. The Hall–Kier alpha value is -1.39. The second kappa shape index (κ2) is 7.81. The van der Waals surface area contributed by atoms with E-state index in [2.05, 4.69) is 0 Å². The molecule has 1 aromatic rings. The summed E-state index contributed by atoms with van der Waals surface area (Å²) in [4.78, 5) is 11.7. The van der Waals surface area contributed by atoms with Gasteiger partial charge in [0, 0.05) is 13.7 Å². The lowest BCUT2D eigenvalue weighted by Crippen LogP contribution is -2.19. The van der Waals surface area contributed by atoms with Crippen molar-refractivity contribution in [2.75, 3.05) is 26.9 Å². The quantitative estimate of drug-likeness (QED) is 0.538. The van der Waals surface area contributed by atoms with Gasteiger partial charge < -0.3 is 14.2 Å². The third kappa shape index (κ3) is 4.54. The highest BCUT2D eigenvalue weighted by Crippen LogP contribution is 2.17. The standard InChI is InChI=1S/C13H18O4/c1-3-16-9-10-17-13(14)12(15-2)11-7-5-4-6-8-11/h4-8,12H,3,9-10H2,1-2H3. The molecule has 0 heterocycles. The maximum Gasteiger partial charge on any atom is 0.340 e. The summed E-state index contributed by atoms with van der Waals surface area (Å²) in [5.74, 6) is -0.390. The van der Waals surface area contributed by atoms with E-state index in [4.69, 9.17) is 14.2 Å². The van der Waals surface area contributed by atoms with E-state index in [-0.39, 0.29) is 6.61 Å². The summed E-state index contributed by atoms with van der Waals surface area (Å²) in [6.45, 7) is 3.17. The Morgan fingerprint density at radius 2 is 1.94 bits per heavy atom. The van der Waals surface area contributed by atoms with Gasteiger partial charge in [-0.2, -0.15) is 0 Å². The van der Waals surface area contributed by atoms with Gasteiger partial charge in [-0.05, 0) is 12.5 Å². The van der Waals surface area contributed by atoms with Crippen LogP contribution >= 0.6 is 0 Å². The Kier molecular flexibility index (Phi) is 6.29. The predicted octanol–water partition coefficient (Wildman–Crippen LogP) is 1.95. The lowest BCUT2D eigenvalue weighted by atomic mass is 10.1. The van der Waals surface area contributed by atoms with Crippen molar-refractivity contribution in [3.63, 3.8) is 0 Å². The van der Waals surface area contributed by atoms with E-state index in [9.17, 15) is 4.79 Å². The molecule has 94 valence electrons. The fraction of sp³-hybridized carbons (Fsp3) is 0.462. The van der Waals surface area contributed by atoms with Crippen LogP contribution in [-0.4, -0.2) is 32.9 Å². The third-order valence-electron chi connectivity index (χ3n) is 2.23. The molecule has 0 aliphatic carbocycles. The maximum atomic E-state index is 11.7. The Morgan fingerprint density at radius 3 is 2.53 bits per heavy atom. The molecule has 0 saturated heterocycles. The number of rotatable bonds is 7. The normalized spacial score (nSPS) is 12.1. The first-order chi connectivity index (χ1) is 8.29. The van der Waals surface area contributed by atoms with Gasteiger partial charge in [0.15, 0.2) is 6.10 Å². The molecule has 1 unspecified atom stereocenters. The molecule has 0 fully saturated rings. The van der Waals surface area contributed by atoms with Crippen molar-refractivity contribution >= 4 is 5.97 Å². The Morgan fingerprint density at radius 1 is 1.24 bits per heavy atom. The topological polar surface area (TPSA) is 44.8 Å². The van der Waals surface area contributed by atoms with Crippen molar-refractivity contribution in [3.8, 4) is 0 Å². The van der Waals surface area contributed by atoms with Crippen molar-refractivity contribution in [3.05, 3.63) is 35.9 Å². The first kappa shape index (κ1) is 13.7. The van der Waals surface area contributed by atoms with Crippen LogP contribution in [0.5, 0.6) is 0 Å². The molecule has 1 aromatic carbocycles. The van der Waals surface area contributed by atoms with Crippen LogP contribution in [0, 0.1) is 0 Å². The number of ether oxygens (including phenoxy) is 3. The van der Waals surface area contributed by atoms with Gasteiger partial charge in [0.1, 0.15) is 6.61 Å². The third-order valence-corrected chi connectivity index (χ3v) is 2.23. The van der Waals surface area contributed by atoms with Crippen LogP contribution in [0.2, 0.25) is 0 Å². The first-order valence-electron chi connectivity index (χ1n) is 5.61. The SMILES string of the molecule is CCOCCOC(=O)C(OC)c1ccccc1. The molecule has 0 spiro atoms. The Bertz CT molecular complexity index is 323. The molecule has 0 aliphatic heterocycles. The van der Waals surface area contributed by atoms with Gasteiger partial charge in [0.05, 0.1) is 6.61 Å². The summed E-state index contributed by atoms with van der Waals surface area (Å²) in [6.07, 6.45) is -0.669.